The Kier molecular flexibility index (Phi) is 10.9. The summed E-state index contributed by atoms with van der Waals surface area (Å²) in [5.74, 6) is -0.342. The van der Waals surface area contributed by atoms with Crippen molar-refractivity contribution in [2.75, 3.05) is 36.2 Å². The molecule has 3 aromatic carbocycles. The SMILES string of the molecule is CCOc1ccc2c(c1)CC(NCCCCO)C(=O)N2c1cccc(CN2C(=O)[C@@]3(O[C@@H](CCO)[C@H]([Si](C)(C)O)[C@H]3C)c3cc([N+](=O)[O-])ccc32)c1. The lowest BCUT2D eigenvalue weighted by atomic mass is 9.82. The maximum absolute atomic E-state index is 14.8. The normalized spacial score (nSPS) is 24.1. The number of fused-ring (bicyclic) bond motifs is 3. The van der Waals surface area contributed by atoms with Gasteiger partial charge in [-0.15, -0.1) is 0 Å². The average Bonchev–Trinajstić information content (AvgIpc) is 3.53. The number of nitrogens with one attached hydrogen (secondary N) is 1. The third-order valence-corrected chi connectivity index (χ3v) is 13.1. The second kappa shape index (κ2) is 15.0. The van der Waals surface area contributed by atoms with Crippen molar-refractivity contribution in [1.82, 2.24) is 5.32 Å². The number of non-ortho nitro benzene ring substituents is 1. The van der Waals surface area contributed by atoms with Crippen LogP contribution in [-0.2, 0) is 32.9 Å². The monoisotopic (exact) mass is 732 g/mol. The van der Waals surface area contributed by atoms with Crippen molar-refractivity contribution in [3.8, 4) is 5.75 Å². The number of nitro benzene ring substituents is 1. The van der Waals surface area contributed by atoms with Gasteiger partial charge in [-0.2, -0.15) is 0 Å². The summed E-state index contributed by atoms with van der Waals surface area (Å²) < 4.78 is 12.4. The molecule has 3 aliphatic heterocycles. The zero-order valence-corrected chi connectivity index (χ0v) is 31.1. The molecule has 3 aliphatic rings. The average molecular weight is 733 g/mol. The maximum Gasteiger partial charge on any atom is 0.269 e. The smallest absolute Gasteiger partial charge is 0.269 e. The molecule has 4 N–H and O–H groups in total. The molecule has 52 heavy (non-hydrogen) atoms. The molecule has 1 spiro atoms. The summed E-state index contributed by atoms with van der Waals surface area (Å²) in [7, 11) is -2.96. The Morgan fingerprint density at radius 3 is 2.52 bits per heavy atom. The molecule has 278 valence electrons. The molecule has 0 saturated carbocycles. The van der Waals surface area contributed by atoms with Gasteiger partial charge in [0.15, 0.2) is 13.9 Å². The first-order valence-corrected chi connectivity index (χ1v) is 21.0. The van der Waals surface area contributed by atoms with Crippen LogP contribution in [0.5, 0.6) is 5.75 Å². The fourth-order valence-corrected chi connectivity index (χ4v) is 11.0. The molecule has 14 heteroatoms. The molecule has 6 rings (SSSR count). The number of hydrogen-bond donors (Lipinski definition) is 4. The van der Waals surface area contributed by atoms with Crippen LogP contribution >= 0.6 is 0 Å². The Balaban J connectivity index is 1.38. The van der Waals surface area contributed by atoms with E-state index in [1.165, 1.54) is 12.1 Å². The van der Waals surface area contributed by atoms with Gasteiger partial charge in [-0.05, 0) is 99.8 Å². The summed E-state index contributed by atoms with van der Waals surface area (Å²) in [6.45, 7) is 8.37. The van der Waals surface area contributed by atoms with Gasteiger partial charge in [0.05, 0.1) is 41.6 Å². The summed E-state index contributed by atoms with van der Waals surface area (Å²) in [5.41, 5.74) is 1.67. The molecule has 5 atom stereocenters. The van der Waals surface area contributed by atoms with Crippen molar-refractivity contribution in [3.63, 3.8) is 0 Å². The number of anilines is 3. The van der Waals surface area contributed by atoms with E-state index in [9.17, 15) is 34.7 Å². The van der Waals surface area contributed by atoms with E-state index >= 15 is 0 Å². The Morgan fingerprint density at radius 2 is 1.83 bits per heavy atom. The van der Waals surface area contributed by atoms with Gasteiger partial charge in [-0.1, -0.05) is 19.1 Å². The Labute approximate surface area is 304 Å². The van der Waals surface area contributed by atoms with E-state index in [0.717, 1.165) is 23.2 Å². The van der Waals surface area contributed by atoms with Crippen molar-refractivity contribution in [2.24, 2.45) is 5.92 Å². The standard InChI is InChI=1S/C38H48N4O9Si/c1-5-50-29-12-14-32-26(20-29)21-31(39-16-6-7-17-43)36(45)41(32)27-10-8-9-25(19-27)23-40-33-13-11-28(42(47)48)22-30(33)38(37(40)46)24(2)35(52(3,4)49)34(51-38)15-18-44/h8-14,19-20,22,24,31,34-35,39,43-44,49H,5-7,15-18,21,23H2,1-4H3/t24-,31?,34+,35-,38+/m1/s1. The fourth-order valence-electron chi connectivity index (χ4n) is 8.43. The topological polar surface area (TPSA) is 175 Å². The number of aliphatic hydroxyl groups is 2. The molecule has 0 aromatic heterocycles. The predicted molar refractivity (Wildman–Crippen MR) is 198 cm³/mol. The molecule has 13 nitrogen and oxygen atoms in total. The number of nitrogens with zero attached hydrogens (tertiary/aromatic N) is 3. The van der Waals surface area contributed by atoms with Gasteiger partial charge in [0.2, 0.25) is 5.91 Å². The quantitative estimate of drug-likeness (QED) is 0.0789. The van der Waals surface area contributed by atoms with Gasteiger partial charge < -0.3 is 34.7 Å². The minimum Gasteiger partial charge on any atom is -0.494 e. The van der Waals surface area contributed by atoms with Crippen LogP contribution in [0.15, 0.2) is 60.7 Å². The second-order valence-corrected chi connectivity index (χ2v) is 18.4. The molecule has 0 aliphatic carbocycles. The van der Waals surface area contributed by atoms with E-state index < -0.39 is 42.4 Å². The van der Waals surface area contributed by atoms with Crippen molar-refractivity contribution in [2.45, 2.75) is 82.5 Å². The number of ether oxygens (including phenoxy) is 2. The number of unbranched alkanes of at least 4 members (excludes halogenated alkanes) is 1. The highest BCUT2D eigenvalue weighted by Gasteiger charge is 2.66. The predicted octanol–water partition coefficient (Wildman–Crippen LogP) is 4.67. The van der Waals surface area contributed by atoms with Crippen molar-refractivity contribution >= 4 is 42.9 Å². The lowest BCUT2D eigenvalue weighted by molar-refractivity contribution is -0.385. The minimum absolute atomic E-state index is 0.0811. The van der Waals surface area contributed by atoms with Crippen LogP contribution < -0.4 is 19.9 Å². The van der Waals surface area contributed by atoms with E-state index in [2.05, 4.69) is 5.32 Å². The summed E-state index contributed by atoms with van der Waals surface area (Å²) >= 11 is 0. The van der Waals surface area contributed by atoms with Gasteiger partial charge in [-0.3, -0.25) is 24.6 Å². The van der Waals surface area contributed by atoms with Gasteiger partial charge >= 0.3 is 0 Å². The number of carbonyl (C=O) groups is 2. The van der Waals surface area contributed by atoms with Crippen molar-refractivity contribution < 1.29 is 39.0 Å². The number of hydrogen-bond acceptors (Lipinski definition) is 10. The van der Waals surface area contributed by atoms with Crippen LogP contribution in [0.1, 0.15) is 49.8 Å². The van der Waals surface area contributed by atoms with E-state index in [0.29, 0.717) is 48.7 Å². The third-order valence-electron chi connectivity index (χ3n) is 10.6. The zero-order valence-electron chi connectivity index (χ0n) is 30.1. The van der Waals surface area contributed by atoms with Gasteiger partial charge in [-0.25, -0.2) is 0 Å². The van der Waals surface area contributed by atoms with E-state index in [1.807, 2.05) is 56.3 Å². The minimum atomic E-state index is -2.96. The first-order valence-electron chi connectivity index (χ1n) is 18.0. The van der Waals surface area contributed by atoms with Gasteiger partial charge in [0.25, 0.3) is 11.6 Å². The highest BCUT2D eigenvalue weighted by atomic mass is 28.4. The van der Waals surface area contributed by atoms with Crippen LogP contribution in [0.25, 0.3) is 0 Å². The number of rotatable bonds is 14. The number of carbonyl (C=O) groups excluding carboxylic acids is 2. The molecule has 3 aromatic rings. The largest absolute Gasteiger partial charge is 0.494 e. The Morgan fingerprint density at radius 1 is 1.06 bits per heavy atom. The molecule has 1 saturated heterocycles. The molecule has 1 fully saturated rings. The van der Waals surface area contributed by atoms with E-state index in [4.69, 9.17) is 9.47 Å². The van der Waals surface area contributed by atoms with Crippen LogP contribution in [0.2, 0.25) is 18.6 Å². The molecule has 3 heterocycles. The molecular weight excluding hydrogens is 685 g/mol. The van der Waals surface area contributed by atoms with Crippen LogP contribution in [0, 0.1) is 16.0 Å². The van der Waals surface area contributed by atoms with Crippen LogP contribution in [0.3, 0.4) is 0 Å². The summed E-state index contributed by atoms with van der Waals surface area (Å²) in [4.78, 5) is 55.0. The number of aliphatic hydroxyl groups excluding tert-OH is 2. The molecule has 2 amide bonds. The highest BCUT2D eigenvalue weighted by molar-refractivity contribution is 6.71. The van der Waals surface area contributed by atoms with Crippen molar-refractivity contribution in [1.29, 1.82) is 0 Å². The summed E-state index contributed by atoms with van der Waals surface area (Å²) in [6, 6.07) is 16.9. The molecule has 1 unspecified atom stereocenters. The lowest BCUT2D eigenvalue weighted by Crippen LogP contribution is -2.49. The van der Waals surface area contributed by atoms with Gasteiger partial charge in [0, 0.05) is 48.1 Å². The molecule has 0 radical (unpaired) electrons. The maximum atomic E-state index is 14.8. The molecular formula is C38H48N4O9Si. The summed E-state index contributed by atoms with van der Waals surface area (Å²) in [5, 5.41) is 34.5. The van der Waals surface area contributed by atoms with Crippen LogP contribution in [0.4, 0.5) is 22.7 Å². The van der Waals surface area contributed by atoms with E-state index in [1.54, 1.807) is 29.0 Å². The Bertz CT molecular complexity index is 1830. The van der Waals surface area contributed by atoms with Crippen LogP contribution in [-0.4, -0.2) is 78.6 Å². The number of amides is 2. The molecule has 0 bridgehead atoms. The zero-order chi connectivity index (χ0) is 37.4. The third kappa shape index (κ3) is 6.74. The fraction of sp³-hybridized carbons (Fsp3) is 0.474. The van der Waals surface area contributed by atoms with Gasteiger partial charge in [0.1, 0.15) is 5.75 Å². The number of benzene rings is 3. The lowest BCUT2D eigenvalue weighted by Gasteiger charge is -2.35. The summed E-state index contributed by atoms with van der Waals surface area (Å²) in [6.07, 6.45) is 1.41. The second-order valence-electron chi connectivity index (χ2n) is 14.4. The first-order chi connectivity index (χ1) is 24.8. The number of nitro groups is 1. The highest BCUT2D eigenvalue weighted by Crippen LogP contribution is 2.60. The van der Waals surface area contributed by atoms with Crippen molar-refractivity contribution in [3.05, 3.63) is 87.5 Å². The Hall–Kier alpha value is -4.18. The first kappa shape index (κ1) is 37.6. The van der Waals surface area contributed by atoms with E-state index in [-0.39, 0.29) is 43.7 Å².